The van der Waals surface area contributed by atoms with Crippen LogP contribution in [0.5, 0.6) is 0 Å². The van der Waals surface area contributed by atoms with Crippen molar-refractivity contribution in [3.63, 3.8) is 0 Å². The molecule has 0 heterocycles. The molecule has 14 rings (SSSR count). The molecule has 1 heteroatoms. The monoisotopic (exact) mass is 981 g/mol. The summed E-state index contributed by atoms with van der Waals surface area (Å²) in [5.41, 5.74) is 14.7. The molecule has 0 aliphatic heterocycles. The molecule has 0 amide bonds. The summed E-state index contributed by atoms with van der Waals surface area (Å²) in [5, 5.41) is 15.5. The molecule has 14 aromatic rings. The molecule has 0 aromatic heterocycles. The quantitative estimate of drug-likeness (QED) is 0.117. The van der Waals surface area contributed by atoms with Gasteiger partial charge in [0, 0.05) is 17.1 Å². The van der Waals surface area contributed by atoms with Crippen LogP contribution in [0.3, 0.4) is 0 Å². The van der Waals surface area contributed by atoms with Crippen molar-refractivity contribution >= 4 is 81.7 Å². The summed E-state index contributed by atoms with van der Waals surface area (Å²) in [6.45, 7) is 2.40. The predicted octanol–water partition coefficient (Wildman–Crippen LogP) is 21.2. The van der Waals surface area contributed by atoms with Gasteiger partial charge in [-0.3, -0.25) is 0 Å². The largest absolute Gasteiger partial charge is 0.310 e. The maximum Gasteiger partial charge on any atom is 0.0467 e. The number of rotatable bonds is 11. The van der Waals surface area contributed by atoms with Crippen LogP contribution in [0.15, 0.2) is 291 Å². The number of para-hydroxylation sites is 1. The summed E-state index contributed by atoms with van der Waals surface area (Å²) in [4.78, 5) is 2.37. The van der Waals surface area contributed by atoms with E-state index in [1.807, 2.05) is 0 Å². The van der Waals surface area contributed by atoms with E-state index >= 15 is 0 Å². The smallest absolute Gasteiger partial charge is 0.0467 e. The number of anilines is 3. The Hall–Kier alpha value is -9.56. The molecule has 0 radical (unpaired) electrons. The van der Waals surface area contributed by atoms with E-state index in [1.54, 1.807) is 0 Å². The second-order valence-electron chi connectivity index (χ2n) is 20.8. The summed E-state index contributed by atoms with van der Waals surface area (Å²) in [6.07, 6.45) is 0.932. The van der Waals surface area contributed by atoms with Crippen molar-refractivity contribution in [3.05, 3.63) is 308 Å². The van der Waals surface area contributed by atoms with Crippen LogP contribution in [0.1, 0.15) is 35.4 Å². The normalized spacial score (nSPS) is 12.4. The Bertz CT molecular complexity index is 4410. The minimum Gasteiger partial charge on any atom is -0.310 e. The van der Waals surface area contributed by atoms with Crippen molar-refractivity contribution in [1.29, 1.82) is 0 Å². The summed E-state index contributed by atoms with van der Waals surface area (Å²) in [7, 11) is 0. The Balaban J connectivity index is 0.742. The Morgan fingerprint density at radius 2 is 0.610 bits per heavy atom. The number of nitrogens with zero attached hydrogens (tertiary/aromatic N) is 1. The first-order valence-corrected chi connectivity index (χ1v) is 27.1. The lowest BCUT2D eigenvalue weighted by Crippen LogP contribution is -2.12. The van der Waals surface area contributed by atoms with Crippen LogP contribution in [0, 0.1) is 0 Å². The molecule has 0 aliphatic carbocycles. The van der Waals surface area contributed by atoms with Crippen molar-refractivity contribution in [1.82, 2.24) is 0 Å². The highest BCUT2D eigenvalue weighted by atomic mass is 15.1. The fourth-order valence-electron chi connectivity index (χ4n) is 12.5. The third-order valence-electron chi connectivity index (χ3n) is 16.4. The average Bonchev–Trinajstić information content (AvgIpc) is 3.55. The number of fused-ring (bicyclic) bond motifs is 12. The molecule has 0 saturated heterocycles. The Morgan fingerprint density at radius 1 is 0.247 bits per heavy atom. The molecule has 0 spiro atoms. The number of hydrogen-bond donors (Lipinski definition) is 0. The highest BCUT2D eigenvalue weighted by Gasteiger charge is 2.23. The van der Waals surface area contributed by atoms with E-state index < -0.39 is 0 Å². The second kappa shape index (κ2) is 19.6. The van der Waals surface area contributed by atoms with Gasteiger partial charge in [-0.1, -0.05) is 250 Å². The molecule has 2 unspecified atom stereocenters. The van der Waals surface area contributed by atoms with E-state index in [2.05, 4.69) is 303 Å². The molecule has 0 N–H and O–H groups in total. The summed E-state index contributed by atoms with van der Waals surface area (Å²) >= 11 is 0. The lowest BCUT2D eigenvalue weighted by Gasteiger charge is -2.26. The zero-order chi connectivity index (χ0) is 51.2. The van der Waals surface area contributed by atoms with Crippen molar-refractivity contribution in [2.45, 2.75) is 25.2 Å². The van der Waals surface area contributed by atoms with Crippen molar-refractivity contribution in [2.24, 2.45) is 0 Å². The molecule has 0 aliphatic rings. The van der Waals surface area contributed by atoms with Gasteiger partial charge in [-0.15, -0.1) is 0 Å². The van der Waals surface area contributed by atoms with Crippen LogP contribution < -0.4 is 4.90 Å². The second-order valence-corrected chi connectivity index (χ2v) is 20.8. The van der Waals surface area contributed by atoms with Gasteiger partial charge in [0.2, 0.25) is 0 Å². The zero-order valence-corrected chi connectivity index (χ0v) is 43.0. The van der Waals surface area contributed by atoms with Crippen molar-refractivity contribution in [3.8, 4) is 33.4 Å². The number of hydrogen-bond acceptors (Lipinski definition) is 1. The van der Waals surface area contributed by atoms with Gasteiger partial charge in [-0.05, 0) is 181 Å². The van der Waals surface area contributed by atoms with Crippen molar-refractivity contribution < 1.29 is 0 Å². The maximum atomic E-state index is 2.42. The lowest BCUT2D eigenvalue weighted by atomic mass is 9.78. The maximum absolute atomic E-state index is 2.42. The van der Waals surface area contributed by atoms with E-state index in [9.17, 15) is 0 Å². The minimum absolute atomic E-state index is 0.279. The highest BCUT2D eigenvalue weighted by molar-refractivity contribution is 6.27. The van der Waals surface area contributed by atoms with Crippen LogP contribution in [-0.4, -0.2) is 0 Å². The van der Waals surface area contributed by atoms with Gasteiger partial charge in [0.05, 0.1) is 0 Å². The van der Waals surface area contributed by atoms with Gasteiger partial charge in [0.25, 0.3) is 0 Å². The minimum atomic E-state index is 0.279. The first-order chi connectivity index (χ1) is 38.1. The molecular weight excluding hydrogens is 927 g/mol. The average molecular weight is 982 g/mol. The zero-order valence-electron chi connectivity index (χ0n) is 43.0. The van der Waals surface area contributed by atoms with E-state index in [4.69, 9.17) is 0 Å². The van der Waals surface area contributed by atoms with E-state index in [0.29, 0.717) is 0 Å². The first kappa shape index (κ1) is 46.0. The molecule has 0 fully saturated rings. The standard InChI is InChI=1S/C76H55N/c1-51(74(56-19-4-2-5-20-56)47-52-18-16-21-57(46-52)59-40-44-72-68-30-10-8-26-64(68)66-28-12-14-32-70(66)75(72)49-59)53-34-36-54(37-35-53)55-38-42-62(43-39-55)77(61-23-6-3-7-24-61)63-25-17-22-58(48-63)60-41-45-73-69-31-11-9-27-65(69)67-29-13-15-33-71(67)76(73)50-60/h2-46,48-51,74H,47H2,1H3. The molecule has 77 heavy (non-hydrogen) atoms. The number of benzene rings is 14. The van der Waals surface area contributed by atoms with Gasteiger partial charge in [0.15, 0.2) is 0 Å². The van der Waals surface area contributed by atoms with E-state index in [-0.39, 0.29) is 11.8 Å². The Labute approximate surface area is 450 Å². The molecular formula is C76H55N. The predicted molar refractivity (Wildman–Crippen MR) is 330 cm³/mol. The molecule has 364 valence electrons. The van der Waals surface area contributed by atoms with Crippen LogP contribution >= 0.6 is 0 Å². The molecule has 0 bridgehead atoms. The van der Waals surface area contributed by atoms with Crippen LogP contribution in [-0.2, 0) is 6.42 Å². The molecule has 14 aromatic carbocycles. The van der Waals surface area contributed by atoms with Crippen LogP contribution in [0.25, 0.3) is 98.0 Å². The first-order valence-electron chi connectivity index (χ1n) is 27.1. The van der Waals surface area contributed by atoms with E-state index in [0.717, 1.165) is 23.5 Å². The third kappa shape index (κ3) is 8.47. The molecule has 2 atom stereocenters. The third-order valence-corrected chi connectivity index (χ3v) is 16.4. The summed E-state index contributed by atoms with van der Waals surface area (Å²) in [5.74, 6) is 0.564. The van der Waals surface area contributed by atoms with Gasteiger partial charge < -0.3 is 4.90 Å². The Morgan fingerprint density at radius 3 is 1.12 bits per heavy atom. The summed E-state index contributed by atoms with van der Waals surface area (Å²) in [6, 6.07) is 108. The SMILES string of the molecule is CC(c1ccc(-c2ccc(N(c3ccccc3)c3cccc(-c4ccc5c6ccccc6c6ccccc6c5c4)c3)cc2)cc1)C(Cc1cccc(-c2ccc3c4ccccc4c4ccccc4c3c2)c1)c1ccccc1. The fourth-order valence-corrected chi connectivity index (χ4v) is 12.5. The van der Waals surface area contributed by atoms with Crippen LogP contribution in [0.2, 0.25) is 0 Å². The molecule has 0 saturated carbocycles. The summed E-state index contributed by atoms with van der Waals surface area (Å²) < 4.78 is 0. The van der Waals surface area contributed by atoms with Gasteiger partial charge in [-0.25, -0.2) is 0 Å². The topological polar surface area (TPSA) is 3.24 Å². The van der Waals surface area contributed by atoms with Gasteiger partial charge >= 0.3 is 0 Å². The van der Waals surface area contributed by atoms with E-state index in [1.165, 1.54) is 115 Å². The van der Waals surface area contributed by atoms with Gasteiger partial charge in [-0.2, -0.15) is 0 Å². The van der Waals surface area contributed by atoms with Crippen LogP contribution in [0.4, 0.5) is 17.1 Å². The highest BCUT2D eigenvalue weighted by Crippen LogP contribution is 2.43. The lowest BCUT2D eigenvalue weighted by molar-refractivity contribution is 0.572. The van der Waals surface area contributed by atoms with Gasteiger partial charge in [0.1, 0.15) is 0 Å². The van der Waals surface area contributed by atoms with Crippen molar-refractivity contribution in [2.75, 3.05) is 4.90 Å². The fraction of sp³-hybridized carbons (Fsp3) is 0.0526. The Kier molecular flexibility index (Phi) is 11.7. The molecule has 1 nitrogen and oxygen atoms in total.